The molecule has 0 bridgehead atoms. The van der Waals surface area contributed by atoms with Gasteiger partial charge in [-0.1, -0.05) is 42.5 Å². The number of hydrogen-bond donors (Lipinski definition) is 3. The number of carboxylic acid groups (broad SMARTS) is 1. The van der Waals surface area contributed by atoms with Gasteiger partial charge in [-0.15, -0.1) is 0 Å². The first kappa shape index (κ1) is 24.9. The fourth-order valence-corrected chi connectivity index (χ4v) is 6.26. The van der Waals surface area contributed by atoms with Gasteiger partial charge in [0.15, 0.2) is 0 Å². The summed E-state index contributed by atoms with van der Waals surface area (Å²) >= 11 is 0. The van der Waals surface area contributed by atoms with Crippen LogP contribution < -0.4 is 11.5 Å². The zero-order valence-electron chi connectivity index (χ0n) is 20.4. The second-order valence-corrected chi connectivity index (χ2v) is 10.2. The number of hydrogen-bond acceptors (Lipinski definition) is 4. The summed E-state index contributed by atoms with van der Waals surface area (Å²) in [5.74, 6) is -2.23. The van der Waals surface area contributed by atoms with Crippen molar-refractivity contribution in [1.82, 2.24) is 4.90 Å². The Morgan fingerprint density at radius 1 is 1.00 bits per heavy atom. The van der Waals surface area contributed by atoms with E-state index in [4.69, 9.17) is 11.5 Å². The largest absolute Gasteiger partial charge is 0.478 e. The smallest absolute Gasteiger partial charge is 0.335 e. The van der Waals surface area contributed by atoms with E-state index >= 15 is 0 Å². The minimum atomic E-state index is -1.02. The Morgan fingerprint density at radius 3 is 2.23 bits per heavy atom. The Kier molecular flexibility index (Phi) is 7.26. The molecule has 4 atom stereocenters. The molecule has 1 saturated heterocycles. The lowest BCUT2D eigenvalue weighted by Gasteiger charge is -2.34. The van der Waals surface area contributed by atoms with Gasteiger partial charge in [-0.05, 0) is 68.2 Å². The number of likely N-dealkylation sites (tertiary alicyclic amines) is 1. The standard InChI is InChI=1S/C28H35N3O4/c1-16-7-6-10-21(28(34)35)23(16)22-15-31(27(33)20-13-11-18(12-14-20)17(2)29)25(26(30)32)24(22)19-8-4-3-5-9-19/h3-10,17-18,20,22,24-25H,11-15,29H2,1-2H3,(H2,30,32)(H,34,35)/t17?,18?,20?,22?,24-,25+/m1/s1. The van der Waals surface area contributed by atoms with Crippen molar-refractivity contribution in [1.29, 1.82) is 0 Å². The second-order valence-electron chi connectivity index (χ2n) is 10.2. The molecule has 1 aliphatic carbocycles. The van der Waals surface area contributed by atoms with Gasteiger partial charge in [0.1, 0.15) is 6.04 Å². The number of amides is 2. The second kappa shape index (κ2) is 10.2. The molecule has 1 saturated carbocycles. The Hall–Kier alpha value is -3.19. The predicted molar refractivity (Wildman–Crippen MR) is 134 cm³/mol. The van der Waals surface area contributed by atoms with Crippen molar-refractivity contribution >= 4 is 17.8 Å². The van der Waals surface area contributed by atoms with Crippen molar-refractivity contribution in [2.75, 3.05) is 6.54 Å². The average Bonchev–Trinajstić information content (AvgIpc) is 3.24. The highest BCUT2D eigenvalue weighted by molar-refractivity contribution is 5.92. The zero-order chi connectivity index (χ0) is 25.3. The maximum atomic E-state index is 13.8. The third-order valence-corrected chi connectivity index (χ3v) is 8.05. The van der Waals surface area contributed by atoms with Crippen LogP contribution in [0.1, 0.15) is 71.5 Å². The average molecular weight is 478 g/mol. The molecule has 1 heterocycles. The molecular weight excluding hydrogens is 442 g/mol. The molecule has 186 valence electrons. The molecule has 1 aliphatic heterocycles. The highest BCUT2D eigenvalue weighted by Gasteiger charge is 2.50. The molecule has 5 N–H and O–H groups in total. The van der Waals surface area contributed by atoms with Crippen LogP contribution >= 0.6 is 0 Å². The number of aryl methyl sites for hydroxylation is 1. The lowest BCUT2D eigenvalue weighted by Crippen LogP contribution is -2.48. The molecule has 35 heavy (non-hydrogen) atoms. The highest BCUT2D eigenvalue weighted by atomic mass is 16.4. The summed E-state index contributed by atoms with van der Waals surface area (Å²) in [4.78, 5) is 40.5. The predicted octanol–water partition coefficient (Wildman–Crippen LogP) is 3.41. The molecule has 0 radical (unpaired) electrons. The van der Waals surface area contributed by atoms with Crippen LogP contribution in [0.4, 0.5) is 0 Å². The summed E-state index contributed by atoms with van der Waals surface area (Å²) in [6, 6.07) is 14.0. The molecule has 2 unspecified atom stereocenters. The third-order valence-electron chi connectivity index (χ3n) is 8.05. The van der Waals surface area contributed by atoms with Gasteiger partial charge in [0.2, 0.25) is 11.8 Å². The van der Waals surface area contributed by atoms with Gasteiger partial charge in [-0.25, -0.2) is 4.79 Å². The van der Waals surface area contributed by atoms with E-state index in [9.17, 15) is 19.5 Å². The fourth-order valence-electron chi connectivity index (χ4n) is 6.26. The van der Waals surface area contributed by atoms with Gasteiger partial charge in [-0.2, -0.15) is 0 Å². The summed E-state index contributed by atoms with van der Waals surface area (Å²) in [5.41, 5.74) is 14.6. The Labute approximate surface area is 206 Å². The minimum absolute atomic E-state index is 0.0641. The van der Waals surface area contributed by atoms with Crippen LogP contribution in [-0.2, 0) is 9.59 Å². The lowest BCUT2D eigenvalue weighted by atomic mass is 9.77. The number of aromatic carboxylic acids is 1. The fraction of sp³-hybridized carbons (Fsp3) is 0.464. The van der Waals surface area contributed by atoms with Gasteiger partial charge in [0.05, 0.1) is 5.56 Å². The van der Waals surface area contributed by atoms with Gasteiger partial charge in [0.25, 0.3) is 0 Å². The maximum absolute atomic E-state index is 13.8. The first-order valence-electron chi connectivity index (χ1n) is 12.4. The molecule has 2 amide bonds. The first-order valence-corrected chi connectivity index (χ1v) is 12.4. The summed E-state index contributed by atoms with van der Waals surface area (Å²) < 4.78 is 0. The van der Waals surface area contributed by atoms with Crippen LogP contribution in [0.3, 0.4) is 0 Å². The van der Waals surface area contributed by atoms with Gasteiger partial charge < -0.3 is 21.5 Å². The van der Waals surface area contributed by atoms with E-state index in [-0.39, 0.29) is 35.9 Å². The van der Waals surface area contributed by atoms with Crippen molar-refractivity contribution in [3.8, 4) is 0 Å². The number of benzene rings is 2. The van der Waals surface area contributed by atoms with E-state index in [0.717, 1.165) is 36.8 Å². The van der Waals surface area contributed by atoms with E-state index < -0.39 is 23.8 Å². The van der Waals surface area contributed by atoms with Crippen LogP contribution in [-0.4, -0.2) is 46.4 Å². The van der Waals surface area contributed by atoms with Gasteiger partial charge in [-0.3, -0.25) is 9.59 Å². The van der Waals surface area contributed by atoms with Crippen LogP contribution in [0.2, 0.25) is 0 Å². The Bertz CT molecular complexity index is 1090. The topological polar surface area (TPSA) is 127 Å². The molecule has 0 spiro atoms. The van der Waals surface area contributed by atoms with Crippen molar-refractivity contribution in [3.63, 3.8) is 0 Å². The molecule has 0 aromatic heterocycles. The number of carbonyl (C=O) groups is 3. The van der Waals surface area contributed by atoms with Crippen molar-refractivity contribution in [3.05, 3.63) is 70.8 Å². The minimum Gasteiger partial charge on any atom is -0.478 e. The van der Waals surface area contributed by atoms with E-state index in [1.165, 1.54) is 0 Å². The van der Waals surface area contributed by atoms with Crippen LogP contribution in [0, 0.1) is 18.8 Å². The number of carboxylic acids is 1. The first-order chi connectivity index (χ1) is 16.7. The van der Waals surface area contributed by atoms with Crippen LogP contribution in [0.15, 0.2) is 48.5 Å². The highest BCUT2D eigenvalue weighted by Crippen LogP contribution is 2.47. The lowest BCUT2D eigenvalue weighted by molar-refractivity contribution is -0.142. The zero-order valence-corrected chi connectivity index (χ0v) is 20.4. The number of primary amides is 1. The third kappa shape index (κ3) is 4.82. The number of rotatable bonds is 6. The molecule has 2 aromatic rings. The quantitative estimate of drug-likeness (QED) is 0.588. The van der Waals surface area contributed by atoms with E-state index in [1.807, 2.05) is 50.2 Å². The molecule has 2 aliphatic rings. The van der Waals surface area contributed by atoms with E-state index in [0.29, 0.717) is 11.5 Å². The summed E-state index contributed by atoms with van der Waals surface area (Å²) in [6.45, 7) is 4.14. The number of nitrogens with zero attached hydrogens (tertiary/aromatic N) is 1. The number of carbonyl (C=O) groups excluding carboxylic acids is 2. The molecule has 2 aromatic carbocycles. The summed E-state index contributed by atoms with van der Waals surface area (Å²) in [7, 11) is 0. The van der Waals surface area contributed by atoms with Crippen molar-refractivity contribution in [2.24, 2.45) is 23.3 Å². The van der Waals surface area contributed by atoms with Crippen molar-refractivity contribution in [2.45, 2.75) is 63.5 Å². The van der Waals surface area contributed by atoms with Gasteiger partial charge in [0, 0.05) is 30.3 Å². The molecule has 7 heteroatoms. The molecule has 7 nitrogen and oxygen atoms in total. The number of nitrogens with two attached hydrogens (primary N) is 2. The SMILES string of the molecule is Cc1cccc(C(=O)O)c1C1CN(C(=O)C2CCC(C(C)N)CC2)[C@H](C(N)=O)[C@@H]1c1ccccc1. The molecule has 2 fully saturated rings. The van der Waals surface area contributed by atoms with Crippen molar-refractivity contribution < 1.29 is 19.5 Å². The van der Waals surface area contributed by atoms with E-state index in [2.05, 4.69) is 0 Å². The molecule has 4 rings (SSSR count). The summed E-state index contributed by atoms with van der Waals surface area (Å²) in [6.07, 6.45) is 3.24. The van der Waals surface area contributed by atoms with Crippen LogP contribution in [0.5, 0.6) is 0 Å². The van der Waals surface area contributed by atoms with Crippen LogP contribution in [0.25, 0.3) is 0 Å². The normalized spacial score (nSPS) is 27.4. The maximum Gasteiger partial charge on any atom is 0.335 e. The molecular formula is C28H35N3O4. The van der Waals surface area contributed by atoms with E-state index in [1.54, 1.807) is 17.0 Å². The summed E-state index contributed by atoms with van der Waals surface area (Å²) in [5, 5.41) is 9.95. The monoisotopic (exact) mass is 477 g/mol. The Balaban J connectivity index is 1.76. The van der Waals surface area contributed by atoms with Gasteiger partial charge >= 0.3 is 5.97 Å². The Morgan fingerprint density at radius 2 is 1.66 bits per heavy atom.